The molecule has 0 bridgehead atoms. The van der Waals surface area contributed by atoms with E-state index in [0.717, 1.165) is 6.07 Å². The summed E-state index contributed by atoms with van der Waals surface area (Å²) < 4.78 is 44.9. The first-order valence-corrected chi connectivity index (χ1v) is 7.84. The van der Waals surface area contributed by atoms with Gasteiger partial charge in [-0.1, -0.05) is 6.07 Å². The van der Waals surface area contributed by atoms with Gasteiger partial charge in [0.2, 0.25) is 10.0 Å². The van der Waals surface area contributed by atoms with E-state index in [0.29, 0.717) is 18.5 Å². The Balaban J connectivity index is 2.34. The molecular weight excluding hydrogens is 293 g/mol. The summed E-state index contributed by atoms with van der Waals surface area (Å²) in [7, 11) is -2.29. The van der Waals surface area contributed by atoms with Crippen molar-refractivity contribution in [3.8, 4) is 0 Å². The fourth-order valence-electron chi connectivity index (χ4n) is 2.08. The van der Waals surface area contributed by atoms with Gasteiger partial charge in [0, 0.05) is 26.1 Å². The molecule has 2 rings (SSSR count). The van der Waals surface area contributed by atoms with E-state index in [4.69, 9.17) is 16.3 Å². The van der Waals surface area contributed by atoms with Crippen LogP contribution in [0.2, 0.25) is 0 Å². The molecule has 1 aliphatic heterocycles. The SMILES string of the molecule is COC1CCN(S(=O)(=O)c2cc(CCl)ccc2F)C1. The number of halogens is 2. The molecule has 1 aromatic rings. The molecular formula is C12H15ClFNO3S. The molecule has 106 valence electrons. The first kappa shape index (κ1) is 14.7. The molecule has 1 fully saturated rings. The summed E-state index contributed by atoms with van der Waals surface area (Å²) in [6.07, 6.45) is 0.487. The molecule has 0 aromatic heterocycles. The van der Waals surface area contributed by atoms with Crippen molar-refractivity contribution in [2.24, 2.45) is 0 Å². The Morgan fingerprint density at radius 1 is 1.53 bits per heavy atom. The van der Waals surface area contributed by atoms with Crippen molar-refractivity contribution < 1.29 is 17.5 Å². The average molecular weight is 308 g/mol. The summed E-state index contributed by atoms with van der Waals surface area (Å²) in [5.74, 6) is -0.613. The van der Waals surface area contributed by atoms with Crippen LogP contribution in [-0.2, 0) is 20.6 Å². The van der Waals surface area contributed by atoms with Gasteiger partial charge in [0.1, 0.15) is 10.7 Å². The van der Waals surface area contributed by atoms with Crippen LogP contribution in [0.4, 0.5) is 4.39 Å². The molecule has 0 amide bonds. The minimum Gasteiger partial charge on any atom is -0.380 e. The van der Waals surface area contributed by atoms with Crippen LogP contribution in [0.1, 0.15) is 12.0 Å². The van der Waals surface area contributed by atoms with Gasteiger partial charge in [-0.05, 0) is 24.1 Å². The molecule has 0 spiro atoms. The van der Waals surface area contributed by atoms with Crippen molar-refractivity contribution in [2.45, 2.75) is 23.3 Å². The molecule has 1 aromatic carbocycles. The van der Waals surface area contributed by atoms with Crippen molar-refractivity contribution in [1.82, 2.24) is 4.31 Å². The van der Waals surface area contributed by atoms with Gasteiger partial charge in [0.05, 0.1) is 6.10 Å². The van der Waals surface area contributed by atoms with E-state index in [-0.39, 0.29) is 23.4 Å². The van der Waals surface area contributed by atoms with Crippen LogP contribution < -0.4 is 0 Å². The number of sulfonamides is 1. The van der Waals surface area contributed by atoms with Crippen LogP contribution in [0.5, 0.6) is 0 Å². The Morgan fingerprint density at radius 2 is 2.26 bits per heavy atom. The smallest absolute Gasteiger partial charge is 0.246 e. The highest BCUT2D eigenvalue weighted by Gasteiger charge is 2.34. The second kappa shape index (κ2) is 5.75. The number of hydrogen-bond donors (Lipinski definition) is 0. The van der Waals surface area contributed by atoms with E-state index in [1.54, 1.807) is 0 Å². The summed E-state index contributed by atoms with van der Waals surface area (Å²) in [6.45, 7) is 0.592. The highest BCUT2D eigenvalue weighted by atomic mass is 35.5. The summed E-state index contributed by atoms with van der Waals surface area (Å²) in [4.78, 5) is -0.317. The Labute approximate surface area is 117 Å². The molecule has 1 heterocycles. The van der Waals surface area contributed by atoms with E-state index in [9.17, 15) is 12.8 Å². The molecule has 1 aliphatic rings. The molecule has 0 radical (unpaired) electrons. The van der Waals surface area contributed by atoms with Crippen LogP contribution in [0.25, 0.3) is 0 Å². The Hall–Kier alpha value is -0.690. The second-order valence-corrected chi connectivity index (χ2v) is 6.58. The van der Waals surface area contributed by atoms with Crippen molar-refractivity contribution in [3.05, 3.63) is 29.6 Å². The summed E-state index contributed by atoms with van der Waals surface area (Å²) in [5, 5.41) is 0. The van der Waals surface area contributed by atoms with Gasteiger partial charge < -0.3 is 4.74 Å². The van der Waals surface area contributed by atoms with Gasteiger partial charge in [-0.3, -0.25) is 0 Å². The second-order valence-electron chi connectivity index (χ2n) is 4.41. The fraction of sp³-hybridized carbons (Fsp3) is 0.500. The van der Waals surface area contributed by atoms with Crippen LogP contribution in [0, 0.1) is 5.82 Å². The molecule has 0 N–H and O–H groups in total. The number of rotatable bonds is 4. The van der Waals surface area contributed by atoms with Gasteiger partial charge in [0.15, 0.2) is 0 Å². The Morgan fingerprint density at radius 3 is 2.84 bits per heavy atom. The van der Waals surface area contributed by atoms with E-state index in [2.05, 4.69) is 0 Å². The van der Waals surface area contributed by atoms with Crippen LogP contribution >= 0.6 is 11.6 Å². The summed E-state index contributed by atoms with van der Waals surface area (Å²) >= 11 is 5.66. The molecule has 1 saturated heterocycles. The summed E-state index contributed by atoms with van der Waals surface area (Å²) in [6, 6.07) is 3.90. The number of hydrogen-bond acceptors (Lipinski definition) is 3. The predicted octanol–water partition coefficient (Wildman–Crippen LogP) is 1.97. The zero-order valence-electron chi connectivity index (χ0n) is 10.5. The predicted molar refractivity (Wildman–Crippen MR) is 70.1 cm³/mol. The van der Waals surface area contributed by atoms with E-state index in [1.165, 1.54) is 23.5 Å². The lowest BCUT2D eigenvalue weighted by Gasteiger charge is -2.17. The number of benzene rings is 1. The fourth-order valence-corrected chi connectivity index (χ4v) is 3.84. The number of methoxy groups -OCH3 is 1. The van der Waals surface area contributed by atoms with Gasteiger partial charge in [0.25, 0.3) is 0 Å². The standard InChI is InChI=1S/C12H15ClFNO3S/c1-18-10-4-5-15(8-10)19(16,17)12-6-9(7-13)2-3-11(12)14/h2-3,6,10H,4-5,7-8H2,1H3. The van der Waals surface area contributed by atoms with Gasteiger partial charge in [-0.15, -0.1) is 11.6 Å². The lowest BCUT2D eigenvalue weighted by molar-refractivity contribution is 0.115. The third kappa shape index (κ3) is 2.91. The molecule has 1 unspecified atom stereocenters. The zero-order chi connectivity index (χ0) is 14.0. The molecule has 4 nitrogen and oxygen atoms in total. The third-order valence-electron chi connectivity index (χ3n) is 3.21. The molecule has 7 heteroatoms. The lowest BCUT2D eigenvalue weighted by Crippen LogP contribution is -2.30. The topological polar surface area (TPSA) is 46.6 Å². The minimum absolute atomic E-state index is 0.131. The van der Waals surface area contributed by atoms with Gasteiger partial charge in [-0.2, -0.15) is 4.31 Å². The zero-order valence-corrected chi connectivity index (χ0v) is 12.0. The van der Waals surface area contributed by atoms with Gasteiger partial charge >= 0.3 is 0 Å². The van der Waals surface area contributed by atoms with Gasteiger partial charge in [-0.25, -0.2) is 12.8 Å². The average Bonchev–Trinajstić information content (AvgIpc) is 2.88. The van der Waals surface area contributed by atoms with Crippen molar-refractivity contribution >= 4 is 21.6 Å². The summed E-state index contributed by atoms with van der Waals surface area (Å²) in [5.41, 5.74) is 0.573. The Kier molecular flexibility index (Phi) is 4.45. The Bertz CT molecular complexity index is 564. The first-order valence-electron chi connectivity index (χ1n) is 5.86. The molecule has 1 atom stereocenters. The van der Waals surface area contributed by atoms with E-state index in [1.807, 2.05) is 0 Å². The largest absolute Gasteiger partial charge is 0.380 e. The van der Waals surface area contributed by atoms with E-state index < -0.39 is 15.8 Å². The molecule has 0 saturated carbocycles. The number of nitrogens with zero attached hydrogens (tertiary/aromatic N) is 1. The van der Waals surface area contributed by atoms with E-state index >= 15 is 0 Å². The van der Waals surface area contributed by atoms with Crippen LogP contribution in [0.3, 0.4) is 0 Å². The van der Waals surface area contributed by atoms with Crippen LogP contribution in [0.15, 0.2) is 23.1 Å². The van der Waals surface area contributed by atoms with Crippen molar-refractivity contribution in [3.63, 3.8) is 0 Å². The molecule has 0 aliphatic carbocycles. The highest BCUT2D eigenvalue weighted by Crippen LogP contribution is 2.25. The molecule has 19 heavy (non-hydrogen) atoms. The maximum Gasteiger partial charge on any atom is 0.246 e. The maximum absolute atomic E-state index is 13.8. The third-order valence-corrected chi connectivity index (χ3v) is 5.40. The highest BCUT2D eigenvalue weighted by molar-refractivity contribution is 7.89. The number of ether oxygens (including phenoxy) is 1. The normalized spacial score (nSPS) is 20.9. The van der Waals surface area contributed by atoms with Crippen molar-refractivity contribution in [1.29, 1.82) is 0 Å². The maximum atomic E-state index is 13.8. The van der Waals surface area contributed by atoms with Crippen LogP contribution in [-0.4, -0.2) is 39.0 Å². The first-order chi connectivity index (χ1) is 8.98. The minimum atomic E-state index is -3.83. The lowest BCUT2D eigenvalue weighted by atomic mass is 10.2. The quantitative estimate of drug-likeness (QED) is 0.799. The van der Waals surface area contributed by atoms with Crippen molar-refractivity contribution in [2.75, 3.05) is 20.2 Å². The number of alkyl halides is 1. The monoisotopic (exact) mass is 307 g/mol.